The second kappa shape index (κ2) is 3.26. The number of aryl methyl sites for hydroxylation is 1. The Morgan fingerprint density at radius 1 is 1.00 bits per heavy atom. The van der Waals surface area contributed by atoms with E-state index in [2.05, 4.69) is 67.4 Å². The molecule has 0 spiro atoms. The number of likely N-dealkylation sites (N-methyl/N-ethyl adjacent to an activating group) is 1. The first-order valence-corrected chi connectivity index (χ1v) is 6.40. The molecule has 2 aromatic rings. The highest BCUT2D eigenvalue weighted by Gasteiger charge is 2.37. The summed E-state index contributed by atoms with van der Waals surface area (Å²) in [6, 6.07) is 15.5. The van der Waals surface area contributed by atoms with Crippen molar-refractivity contribution in [2.24, 2.45) is 0 Å². The molecular weight excluding hydrogens is 218 g/mol. The van der Waals surface area contributed by atoms with E-state index in [1.807, 2.05) is 0 Å². The number of rotatable bonds is 0. The summed E-state index contributed by atoms with van der Waals surface area (Å²) in [6.07, 6.45) is 2.33. The van der Waals surface area contributed by atoms with E-state index in [-0.39, 0.29) is 0 Å². The third kappa shape index (κ3) is 1.11. The van der Waals surface area contributed by atoms with Gasteiger partial charge in [-0.2, -0.15) is 0 Å². The number of anilines is 1. The van der Waals surface area contributed by atoms with Gasteiger partial charge in [0.25, 0.3) is 0 Å². The minimum Gasteiger partial charge on any atom is -0.347 e. The summed E-state index contributed by atoms with van der Waals surface area (Å²) in [5.74, 6) is 0.445. The molecule has 1 atom stereocenters. The Kier molecular flexibility index (Phi) is 1.80. The Balaban J connectivity index is 2.00. The smallest absolute Gasteiger partial charge is 0.0519 e. The number of nitrogens with zero attached hydrogens (tertiary/aromatic N) is 1. The van der Waals surface area contributed by atoms with Gasteiger partial charge in [-0.25, -0.2) is 0 Å². The molecule has 4 rings (SSSR count). The molecule has 1 unspecified atom stereocenters. The van der Waals surface area contributed by atoms with Crippen molar-refractivity contribution in [2.45, 2.75) is 12.8 Å². The molecule has 1 heteroatoms. The predicted octanol–water partition coefficient (Wildman–Crippen LogP) is 3.93. The van der Waals surface area contributed by atoms with Crippen LogP contribution in [0.2, 0.25) is 0 Å². The minimum atomic E-state index is 0.445. The van der Waals surface area contributed by atoms with E-state index in [0.29, 0.717) is 5.92 Å². The third-order valence-electron chi connectivity index (χ3n) is 4.15. The largest absolute Gasteiger partial charge is 0.347 e. The van der Waals surface area contributed by atoms with Gasteiger partial charge in [0.15, 0.2) is 0 Å². The van der Waals surface area contributed by atoms with Crippen LogP contribution in [0.5, 0.6) is 0 Å². The zero-order valence-electron chi connectivity index (χ0n) is 10.6. The lowest BCUT2D eigenvalue weighted by atomic mass is 9.92. The standard InChI is InChI=1S/C17H15N/c1-11-7-8-15-14(9-11)17-13-6-4-3-5-12(13)10-16(17)18(15)2/h3-10,17H,1-2H3. The molecule has 88 valence electrons. The molecule has 0 aromatic heterocycles. The Morgan fingerprint density at radius 2 is 1.83 bits per heavy atom. The fourth-order valence-electron chi connectivity index (χ4n) is 3.27. The topological polar surface area (TPSA) is 3.24 Å². The molecule has 0 radical (unpaired) electrons. The van der Waals surface area contributed by atoms with Gasteiger partial charge in [0.2, 0.25) is 0 Å². The molecule has 0 amide bonds. The molecule has 0 fully saturated rings. The average Bonchev–Trinajstić information content (AvgIpc) is 2.87. The van der Waals surface area contributed by atoms with Gasteiger partial charge in [-0.3, -0.25) is 0 Å². The maximum absolute atomic E-state index is 2.33. The Bertz CT molecular complexity index is 682. The molecule has 1 nitrogen and oxygen atoms in total. The first-order valence-electron chi connectivity index (χ1n) is 6.40. The quantitative estimate of drug-likeness (QED) is 0.666. The maximum Gasteiger partial charge on any atom is 0.0519 e. The summed E-state index contributed by atoms with van der Waals surface area (Å²) in [6.45, 7) is 2.17. The van der Waals surface area contributed by atoms with E-state index in [1.54, 1.807) is 0 Å². The van der Waals surface area contributed by atoms with Gasteiger partial charge in [0.05, 0.1) is 5.92 Å². The molecule has 1 heterocycles. The highest BCUT2D eigenvalue weighted by molar-refractivity contribution is 5.82. The molecule has 2 aromatic carbocycles. The van der Waals surface area contributed by atoms with Crippen LogP contribution in [-0.2, 0) is 0 Å². The highest BCUT2D eigenvalue weighted by Crippen LogP contribution is 2.51. The molecule has 2 aliphatic rings. The first-order chi connectivity index (χ1) is 8.75. The zero-order chi connectivity index (χ0) is 12.3. The van der Waals surface area contributed by atoms with E-state index >= 15 is 0 Å². The van der Waals surface area contributed by atoms with Crippen LogP contribution in [0.25, 0.3) is 6.08 Å². The van der Waals surface area contributed by atoms with Crippen molar-refractivity contribution in [3.05, 3.63) is 70.4 Å². The van der Waals surface area contributed by atoms with Crippen molar-refractivity contribution < 1.29 is 0 Å². The lowest BCUT2D eigenvalue weighted by molar-refractivity contribution is 0.989. The maximum atomic E-state index is 2.33. The number of benzene rings is 2. The van der Waals surface area contributed by atoms with E-state index in [0.717, 1.165) is 0 Å². The number of hydrogen-bond donors (Lipinski definition) is 0. The van der Waals surface area contributed by atoms with Crippen LogP contribution in [-0.4, -0.2) is 7.05 Å². The van der Waals surface area contributed by atoms with E-state index in [1.165, 1.54) is 33.6 Å². The van der Waals surface area contributed by atoms with Gasteiger partial charge in [0, 0.05) is 18.4 Å². The highest BCUT2D eigenvalue weighted by atomic mass is 15.1. The SMILES string of the molecule is Cc1ccc2c(c1)C1C(=Cc3ccccc31)N2C. The van der Waals surface area contributed by atoms with Crippen molar-refractivity contribution in [3.8, 4) is 0 Å². The van der Waals surface area contributed by atoms with Crippen LogP contribution >= 0.6 is 0 Å². The summed E-state index contributed by atoms with van der Waals surface area (Å²) in [7, 11) is 2.17. The fourth-order valence-corrected chi connectivity index (χ4v) is 3.27. The van der Waals surface area contributed by atoms with Crippen molar-refractivity contribution in [2.75, 3.05) is 11.9 Å². The van der Waals surface area contributed by atoms with Crippen LogP contribution in [0.1, 0.15) is 28.2 Å². The van der Waals surface area contributed by atoms with Gasteiger partial charge in [-0.1, -0.05) is 42.0 Å². The molecule has 18 heavy (non-hydrogen) atoms. The number of allylic oxidation sites excluding steroid dienone is 1. The summed E-state index contributed by atoms with van der Waals surface area (Å²) in [5, 5.41) is 0. The molecule has 0 saturated heterocycles. The third-order valence-corrected chi connectivity index (χ3v) is 4.15. The molecule has 1 aliphatic carbocycles. The Morgan fingerprint density at radius 3 is 2.72 bits per heavy atom. The summed E-state index contributed by atoms with van der Waals surface area (Å²) < 4.78 is 0. The van der Waals surface area contributed by atoms with Gasteiger partial charge in [0.1, 0.15) is 0 Å². The van der Waals surface area contributed by atoms with Crippen LogP contribution in [0, 0.1) is 6.92 Å². The van der Waals surface area contributed by atoms with Crippen LogP contribution in [0.15, 0.2) is 48.2 Å². The van der Waals surface area contributed by atoms with E-state index in [4.69, 9.17) is 0 Å². The lowest BCUT2D eigenvalue weighted by Gasteiger charge is -2.14. The number of hydrogen-bond acceptors (Lipinski definition) is 1. The lowest BCUT2D eigenvalue weighted by Crippen LogP contribution is -2.11. The van der Waals surface area contributed by atoms with E-state index in [9.17, 15) is 0 Å². The second-order valence-corrected chi connectivity index (χ2v) is 5.25. The van der Waals surface area contributed by atoms with Crippen LogP contribution in [0.3, 0.4) is 0 Å². The van der Waals surface area contributed by atoms with Crippen molar-refractivity contribution in [1.29, 1.82) is 0 Å². The van der Waals surface area contributed by atoms with Gasteiger partial charge >= 0.3 is 0 Å². The van der Waals surface area contributed by atoms with Crippen molar-refractivity contribution >= 4 is 11.8 Å². The summed E-state index contributed by atoms with van der Waals surface area (Å²) >= 11 is 0. The molecule has 0 saturated carbocycles. The minimum absolute atomic E-state index is 0.445. The predicted molar refractivity (Wildman–Crippen MR) is 75.8 cm³/mol. The van der Waals surface area contributed by atoms with Gasteiger partial charge < -0.3 is 4.90 Å². The van der Waals surface area contributed by atoms with E-state index < -0.39 is 0 Å². The second-order valence-electron chi connectivity index (χ2n) is 5.25. The summed E-state index contributed by atoms with van der Waals surface area (Å²) in [4.78, 5) is 2.33. The molecule has 1 aliphatic heterocycles. The van der Waals surface area contributed by atoms with Gasteiger partial charge in [-0.05, 0) is 35.8 Å². The van der Waals surface area contributed by atoms with Crippen LogP contribution in [0.4, 0.5) is 5.69 Å². The van der Waals surface area contributed by atoms with Crippen LogP contribution < -0.4 is 4.90 Å². The monoisotopic (exact) mass is 233 g/mol. The number of fused-ring (bicyclic) bond motifs is 5. The van der Waals surface area contributed by atoms with Crippen molar-refractivity contribution in [1.82, 2.24) is 0 Å². The molecular formula is C17H15N. The Labute approximate surface area is 107 Å². The molecule has 0 N–H and O–H groups in total. The average molecular weight is 233 g/mol. The summed E-state index contributed by atoms with van der Waals surface area (Å²) in [5.41, 5.74) is 8.38. The molecule has 0 bridgehead atoms. The zero-order valence-corrected chi connectivity index (χ0v) is 10.6. The normalized spacial score (nSPS) is 19.3. The van der Waals surface area contributed by atoms with Gasteiger partial charge in [-0.15, -0.1) is 0 Å². The Hall–Kier alpha value is -2.02. The fraction of sp³-hybridized carbons (Fsp3) is 0.176. The first kappa shape index (κ1) is 9.95. The van der Waals surface area contributed by atoms with Crippen molar-refractivity contribution in [3.63, 3.8) is 0 Å².